The Morgan fingerprint density at radius 3 is 2.52 bits per heavy atom. The minimum atomic E-state index is -0.509. The Bertz CT molecular complexity index is 504. The molecule has 0 aliphatic carbocycles. The van der Waals surface area contributed by atoms with Gasteiger partial charge in [0.1, 0.15) is 6.04 Å². The molecule has 1 aromatic rings. The van der Waals surface area contributed by atoms with Gasteiger partial charge >= 0.3 is 0 Å². The highest BCUT2D eigenvalue weighted by Crippen LogP contribution is 2.11. The first-order valence-corrected chi connectivity index (χ1v) is 7.32. The first-order valence-electron chi connectivity index (χ1n) is 7.32. The lowest BCUT2D eigenvalue weighted by molar-refractivity contribution is -0.138. The molecule has 1 aromatic heterocycles. The van der Waals surface area contributed by atoms with Crippen LogP contribution in [0.2, 0.25) is 0 Å². The number of rotatable bonds is 4. The number of amides is 2. The van der Waals surface area contributed by atoms with E-state index in [4.69, 9.17) is 4.74 Å². The second kappa shape index (κ2) is 6.76. The summed E-state index contributed by atoms with van der Waals surface area (Å²) in [5.41, 5.74) is 1.38. The van der Waals surface area contributed by atoms with Crippen molar-refractivity contribution in [3.05, 3.63) is 23.5 Å². The third-order valence-electron chi connectivity index (χ3n) is 3.74. The van der Waals surface area contributed by atoms with Gasteiger partial charge in [-0.2, -0.15) is 0 Å². The van der Waals surface area contributed by atoms with E-state index in [0.717, 1.165) is 5.69 Å². The zero-order chi connectivity index (χ0) is 15.4. The van der Waals surface area contributed by atoms with Crippen molar-refractivity contribution in [1.82, 2.24) is 15.2 Å². The van der Waals surface area contributed by atoms with Crippen LogP contribution >= 0.6 is 0 Å². The van der Waals surface area contributed by atoms with E-state index in [-0.39, 0.29) is 17.7 Å². The Balaban J connectivity index is 2.06. The Morgan fingerprint density at radius 2 is 2.00 bits per heavy atom. The lowest BCUT2D eigenvalue weighted by Gasteiger charge is -2.32. The number of nitrogens with one attached hydrogen (secondary N) is 2. The number of hydrogen-bond acceptors (Lipinski definition) is 3. The number of aryl methyl sites for hydroxylation is 1. The molecule has 1 aliphatic rings. The number of carbonyl (C=O) groups excluding carboxylic acids is 2. The van der Waals surface area contributed by atoms with Crippen molar-refractivity contribution in [3.63, 3.8) is 0 Å². The highest BCUT2D eigenvalue weighted by molar-refractivity contribution is 5.98. The standard InChI is InChI=1S/C15H23N3O3/c1-10(2)13(15(20)18-6-8-21-9-7-18)17-14(19)12-4-5-16-11(12)3/h4-5,10,13,16H,6-9H2,1-3H3,(H,17,19)/t13-/m0/s1. The van der Waals surface area contributed by atoms with E-state index in [1.54, 1.807) is 17.2 Å². The average molecular weight is 293 g/mol. The highest BCUT2D eigenvalue weighted by atomic mass is 16.5. The largest absolute Gasteiger partial charge is 0.378 e. The molecule has 1 fully saturated rings. The molecule has 2 N–H and O–H groups in total. The Morgan fingerprint density at radius 1 is 1.33 bits per heavy atom. The van der Waals surface area contributed by atoms with Gasteiger partial charge in [0.25, 0.3) is 5.91 Å². The van der Waals surface area contributed by atoms with Crippen molar-refractivity contribution in [2.75, 3.05) is 26.3 Å². The summed E-state index contributed by atoms with van der Waals surface area (Å²) in [5, 5.41) is 2.87. The first-order chi connectivity index (χ1) is 10.0. The summed E-state index contributed by atoms with van der Waals surface area (Å²) in [7, 11) is 0. The molecule has 0 aromatic carbocycles. The van der Waals surface area contributed by atoms with Gasteiger partial charge < -0.3 is 19.9 Å². The van der Waals surface area contributed by atoms with E-state index >= 15 is 0 Å². The van der Waals surface area contributed by atoms with E-state index < -0.39 is 6.04 Å². The predicted octanol–water partition coefficient (Wildman–Crippen LogP) is 0.936. The normalized spacial score (nSPS) is 16.9. The number of nitrogens with zero attached hydrogens (tertiary/aromatic N) is 1. The SMILES string of the molecule is Cc1[nH]ccc1C(=O)N[C@H](C(=O)N1CCOCC1)C(C)C. The maximum Gasteiger partial charge on any atom is 0.253 e. The van der Waals surface area contributed by atoms with Gasteiger partial charge in [-0.05, 0) is 18.9 Å². The average Bonchev–Trinajstić information content (AvgIpc) is 2.90. The van der Waals surface area contributed by atoms with Crippen LogP contribution in [0.15, 0.2) is 12.3 Å². The van der Waals surface area contributed by atoms with Crippen molar-refractivity contribution in [1.29, 1.82) is 0 Å². The van der Waals surface area contributed by atoms with Crippen LogP contribution in [0.1, 0.15) is 29.9 Å². The van der Waals surface area contributed by atoms with E-state index in [1.807, 2.05) is 20.8 Å². The van der Waals surface area contributed by atoms with E-state index in [0.29, 0.717) is 31.9 Å². The van der Waals surface area contributed by atoms with Crippen LogP contribution < -0.4 is 5.32 Å². The summed E-state index contributed by atoms with van der Waals surface area (Å²) in [6, 6.07) is 1.21. The maximum absolute atomic E-state index is 12.6. The van der Waals surface area contributed by atoms with Gasteiger partial charge in [-0.3, -0.25) is 9.59 Å². The fourth-order valence-electron chi connectivity index (χ4n) is 2.41. The van der Waals surface area contributed by atoms with Gasteiger partial charge in [0.15, 0.2) is 0 Å². The smallest absolute Gasteiger partial charge is 0.253 e. The van der Waals surface area contributed by atoms with Gasteiger partial charge in [-0.1, -0.05) is 13.8 Å². The van der Waals surface area contributed by atoms with Crippen LogP contribution in [0.3, 0.4) is 0 Å². The molecule has 2 rings (SSSR count). The molecule has 0 radical (unpaired) electrons. The molecule has 6 nitrogen and oxygen atoms in total. The fourth-order valence-corrected chi connectivity index (χ4v) is 2.41. The molecule has 1 saturated heterocycles. The molecule has 0 unspecified atom stereocenters. The molecular formula is C15H23N3O3. The van der Waals surface area contributed by atoms with Crippen LogP contribution in [0.25, 0.3) is 0 Å². The molecule has 21 heavy (non-hydrogen) atoms. The molecule has 0 saturated carbocycles. The van der Waals surface area contributed by atoms with Crippen molar-refractivity contribution >= 4 is 11.8 Å². The van der Waals surface area contributed by atoms with Crippen LogP contribution in [-0.2, 0) is 9.53 Å². The molecule has 2 amide bonds. The van der Waals surface area contributed by atoms with E-state index in [9.17, 15) is 9.59 Å². The van der Waals surface area contributed by atoms with Crippen molar-refractivity contribution in [2.45, 2.75) is 26.8 Å². The molecule has 1 atom stereocenters. The number of morpholine rings is 1. The molecule has 116 valence electrons. The minimum absolute atomic E-state index is 0.0311. The van der Waals surface area contributed by atoms with Gasteiger partial charge in [-0.25, -0.2) is 0 Å². The summed E-state index contributed by atoms with van der Waals surface area (Å²) >= 11 is 0. The quantitative estimate of drug-likeness (QED) is 0.867. The number of H-pyrrole nitrogens is 1. The van der Waals surface area contributed by atoms with Gasteiger partial charge in [0.2, 0.25) is 5.91 Å². The number of carbonyl (C=O) groups is 2. The number of aromatic nitrogens is 1. The highest BCUT2D eigenvalue weighted by Gasteiger charge is 2.30. The zero-order valence-electron chi connectivity index (χ0n) is 12.8. The van der Waals surface area contributed by atoms with Crippen molar-refractivity contribution in [2.24, 2.45) is 5.92 Å². The van der Waals surface area contributed by atoms with Crippen LogP contribution in [0, 0.1) is 12.8 Å². The van der Waals surface area contributed by atoms with Gasteiger partial charge in [-0.15, -0.1) is 0 Å². The minimum Gasteiger partial charge on any atom is -0.378 e. The lowest BCUT2D eigenvalue weighted by atomic mass is 10.0. The molecular weight excluding hydrogens is 270 g/mol. The maximum atomic E-state index is 12.6. The van der Waals surface area contributed by atoms with Crippen LogP contribution in [0.4, 0.5) is 0 Å². The van der Waals surface area contributed by atoms with E-state index in [2.05, 4.69) is 10.3 Å². The van der Waals surface area contributed by atoms with E-state index in [1.165, 1.54) is 0 Å². The Labute approximate surface area is 124 Å². The van der Waals surface area contributed by atoms with Crippen LogP contribution in [-0.4, -0.2) is 54.0 Å². The van der Waals surface area contributed by atoms with Crippen molar-refractivity contribution < 1.29 is 14.3 Å². The third-order valence-corrected chi connectivity index (χ3v) is 3.74. The van der Waals surface area contributed by atoms with Gasteiger partial charge in [0.05, 0.1) is 18.8 Å². The lowest BCUT2D eigenvalue weighted by Crippen LogP contribution is -2.53. The number of ether oxygens (including phenoxy) is 1. The van der Waals surface area contributed by atoms with Crippen LogP contribution in [0.5, 0.6) is 0 Å². The summed E-state index contributed by atoms with van der Waals surface area (Å²) in [5.74, 6) is -0.215. The molecule has 1 aliphatic heterocycles. The monoisotopic (exact) mass is 293 g/mol. The topological polar surface area (TPSA) is 74.4 Å². The molecule has 0 spiro atoms. The second-order valence-electron chi connectivity index (χ2n) is 5.65. The predicted molar refractivity (Wildman–Crippen MR) is 79.0 cm³/mol. The molecule has 2 heterocycles. The summed E-state index contributed by atoms with van der Waals surface area (Å²) < 4.78 is 5.26. The summed E-state index contributed by atoms with van der Waals surface area (Å²) in [6.07, 6.45) is 1.72. The van der Waals surface area contributed by atoms with Gasteiger partial charge in [0, 0.05) is 25.0 Å². The first kappa shape index (κ1) is 15.6. The second-order valence-corrected chi connectivity index (χ2v) is 5.65. The van der Waals surface area contributed by atoms with Crippen molar-refractivity contribution in [3.8, 4) is 0 Å². The molecule has 6 heteroatoms. The molecule has 0 bridgehead atoms. The Hall–Kier alpha value is -1.82. The number of aromatic amines is 1. The number of hydrogen-bond donors (Lipinski definition) is 2. The fraction of sp³-hybridized carbons (Fsp3) is 0.600. The Kier molecular flexibility index (Phi) is 5.01. The summed E-state index contributed by atoms with van der Waals surface area (Å²) in [4.78, 5) is 29.6. The third kappa shape index (κ3) is 3.64. The summed E-state index contributed by atoms with van der Waals surface area (Å²) in [6.45, 7) is 7.99. The zero-order valence-corrected chi connectivity index (χ0v) is 12.8.